The van der Waals surface area contributed by atoms with Crippen molar-refractivity contribution < 1.29 is 8.81 Å². The molecular weight excluding hydrogens is 347 g/mol. The average molecular weight is 360 g/mol. The second-order valence-electron chi connectivity index (χ2n) is 6.03. The molecule has 0 amide bonds. The molecular formula is C21H13FN2OS. The summed E-state index contributed by atoms with van der Waals surface area (Å²) < 4.78 is 19.7. The first-order valence-electron chi connectivity index (χ1n) is 8.24. The summed E-state index contributed by atoms with van der Waals surface area (Å²) in [5.74, 6) is -0.172. The van der Waals surface area contributed by atoms with Gasteiger partial charge in [0.15, 0.2) is 0 Å². The topological polar surface area (TPSA) is 38.9 Å². The van der Waals surface area contributed by atoms with Crippen molar-refractivity contribution in [1.82, 2.24) is 10.2 Å². The normalized spacial score (nSPS) is 12.8. The Bertz CT molecular complexity index is 1060. The fourth-order valence-electron chi connectivity index (χ4n) is 3.34. The van der Waals surface area contributed by atoms with Crippen LogP contribution in [0.4, 0.5) is 4.39 Å². The number of aromatic nitrogens is 2. The number of halogens is 1. The highest BCUT2D eigenvalue weighted by Crippen LogP contribution is 2.51. The zero-order chi connectivity index (χ0) is 17.5. The van der Waals surface area contributed by atoms with Crippen molar-refractivity contribution in [3.05, 3.63) is 89.7 Å². The van der Waals surface area contributed by atoms with Crippen LogP contribution in [0.15, 0.2) is 82.4 Å². The molecule has 0 unspecified atom stereocenters. The number of hydrogen-bond acceptors (Lipinski definition) is 4. The molecule has 0 saturated carbocycles. The minimum Gasteiger partial charge on any atom is -0.411 e. The van der Waals surface area contributed by atoms with E-state index in [9.17, 15) is 4.39 Å². The molecule has 0 atom stereocenters. The molecule has 1 heterocycles. The van der Waals surface area contributed by atoms with E-state index in [2.05, 4.69) is 34.5 Å². The Balaban J connectivity index is 1.52. The Morgan fingerprint density at radius 2 is 1.31 bits per heavy atom. The lowest BCUT2D eigenvalue weighted by molar-refractivity contribution is 0.462. The summed E-state index contributed by atoms with van der Waals surface area (Å²) in [4.78, 5) is 0. The highest BCUT2D eigenvalue weighted by Gasteiger charge is 2.30. The molecule has 0 aliphatic heterocycles. The molecule has 3 aromatic carbocycles. The summed E-state index contributed by atoms with van der Waals surface area (Å²) in [6.07, 6.45) is 0. The van der Waals surface area contributed by atoms with Crippen molar-refractivity contribution in [3.8, 4) is 22.6 Å². The monoisotopic (exact) mass is 360 g/mol. The molecule has 1 aliphatic carbocycles. The van der Waals surface area contributed by atoms with Gasteiger partial charge in [0.2, 0.25) is 0 Å². The van der Waals surface area contributed by atoms with E-state index in [4.69, 9.17) is 4.42 Å². The van der Waals surface area contributed by atoms with Crippen LogP contribution in [0.1, 0.15) is 16.4 Å². The minimum absolute atomic E-state index is 0.0799. The first-order chi connectivity index (χ1) is 12.8. The molecule has 26 heavy (non-hydrogen) atoms. The van der Waals surface area contributed by atoms with Gasteiger partial charge in [0.1, 0.15) is 5.82 Å². The Hall–Kier alpha value is -2.92. The van der Waals surface area contributed by atoms with E-state index in [1.807, 2.05) is 24.3 Å². The van der Waals surface area contributed by atoms with Gasteiger partial charge in [-0.05, 0) is 34.4 Å². The lowest BCUT2D eigenvalue weighted by atomic mass is 10.1. The summed E-state index contributed by atoms with van der Waals surface area (Å²) in [5.41, 5.74) is 5.23. The second-order valence-corrected chi connectivity index (χ2v) is 7.08. The number of fused-ring (bicyclic) bond motifs is 3. The van der Waals surface area contributed by atoms with E-state index in [0.717, 1.165) is 0 Å². The third kappa shape index (κ3) is 2.44. The number of benzene rings is 3. The summed E-state index contributed by atoms with van der Waals surface area (Å²) in [6, 6.07) is 23.1. The summed E-state index contributed by atoms with van der Waals surface area (Å²) in [7, 11) is 0. The Morgan fingerprint density at radius 3 is 1.96 bits per heavy atom. The van der Waals surface area contributed by atoms with Crippen LogP contribution in [0.25, 0.3) is 22.6 Å². The largest absolute Gasteiger partial charge is 0.411 e. The van der Waals surface area contributed by atoms with Crippen molar-refractivity contribution in [2.45, 2.75) is 10.5 Å². The SMILES string of the molecule is Fc1ccccc1-c1nnc(SC2c3ccccc3-c3ccccc32)o1. The van der Waals surface area contributed by atoms with Crippen LogP contribution in [0, 0.1) is 5.82 Å². The van der Waals surface area contributed by atoms with Gasteiger partial charge in [-0.2, -0.15) is 0 Å². The molecule has 3 nitrogen and oxygen atoms in total. The van der Waals surface area contributed by atoms with Crippen LogP contribution >= 0.6 is 11.8 Å². The van der Waals surface area contributed by atoms with Crippen LogP contribution < -0.4 is 0 Å². The second kappa shape index (κ2) is 6.11. The molecule has 0 saturated heterocycles. The van der Waals surface area contributed by atoms with E-state index < -0.39 is 0 Å². The Labute approximate surface area is 153 Å². The molecule has 1 aliphatic rings. The first-order valence-corrected chi connectivity index (χ1v) is 9.12. The van der Waals surface area contributed by atoms with Crippen molar-refractivity contribution >= 4 is 11.8 Å². The van der Waals surface area contributed by atoms with Gasteiger partial charge < -0.3 is 4.42 Å². The predicted octanol–water partition coefficient (Wildman–Crippen LogP) is 5.74. The van der Waals surface area contributed by atoms with Gasteiger partial charge in [-0.15, -0.1) is 10.2 Å². The molecule has 126 valence electrons. The lowest BCUT2D eigenvalue weighted by Crippen LogP contribution is -1.91. The molecule has 4 aromatic rings. The minimum atomic E-state index is -0.371. The van der Waals surface area contributed by atoms with Crippen LogP contribution in [0.2, 0.25) is 0 Å². The zero-order valence-electron chi connectivity index (χ0n) is 13.6. The smallest absolute Gasteiger partial charge is 0.277 e. The first kappa shape index (κ1) is 15.3. The van der Waals surface area contributed by atoms with Gasteiger partial charge in [-0.25, -0.2) is 4.39 Å². The highest BCUT2D eigenvalue weighted by atomic mass is 32.2. The Kier molecular flexibility index (Phi) is 3.60. The van der Waals surface area contributed by atoms with Gasteiger partial charge in [-0.3, -0.25) is 0 Å². The molecule has 0 radical (unpaired) electrons. The van der Waals surface area contributed by atoms with Crippen LogP contribution in [0.3, 0.4) is 0 Å². The fourth-order valence-corrected chi connectivity index (χ4v) is 4.42. The molecule has 5 heteroatoms. The predicted molar refractivity (Wildman–Crippen MR) is 99.3 cm³/mol. The van der Waals surface area contributed by atoms with Crippen LogP contribution in [-0.4, -0.2) is 10.2 Å². The van der Waals surface area contributed by atoms with Gasteiger partial charge in [0.25, 0.3) is 11.1 Å². The van der Waals surface area contributed by atoms with Crippen molar-refractivity contribution in [2.75, 3.05) is 0 Å². The molecule has 0 bridgehead atoms. The van der Waals surface area contributed by atoms with E-state index in [1.54, 1.807) is 18.2 Å². The molecule has 0 fully saturated rings. The molecule has 0 spiro atoms. The Morgan fingerprint density at radius 1 is 0.731 bits per heavy atom. The van der Waals surface area contributed by atoms with Crippen LogP contribution in [0.5, 0.6) is 0 Å². The van der Waals surface area contributed by atoms with Crippen molar-refractivity contribution in [3.63, 3.8) is 0 Å². The van der Waals surface area contributed by atoms with Gasteiger partial charge in [-0.1, -0.05) is 72.4 Å². The third-order valence-electron chi connectivity index (χ3n) is 4.51. The van der Waals surface area contributed by atoms with Gasteiger partial charge in [0.05, 0.1) is 10.8 Å². The van der Waals surface area contributed by atoms with Gasteiger partial charge >= 0.3 is 0 Å². The molecule has 1 aromatic heterocycles. The molecule has 0 N–H and O–H groups in total. The van der Waals surface area contributed by atoms with E-state index in [1.165, 1.54) is 40.1 Å². The third-order valence-corrected chi connectivity index (χ3v) is 5.62. The van der Waals surface area contributed by atoms with Crippen LogP contribution in [-0.2, 0) is 0 Å². The standard InChI is InChI=1S/C21H13FN2OS/c22-18-12-6-5-11-17(18)20-23-24-21(25-20)26-19-15-9-3-1-7-13(15)14-8-2-4-10-16(14)19/h1-12,19H. The summed E-state index contributed by atoms with van der Waals surface area (Å²) in [5, 5.41) is 8.66. The van der Waals surface area contributed by atoms with E-state index >= 15 is 0 Å². The quantitative estimate of drug-likeness (QED) is 0.467. The highest BCUT2D eigenvalue weighted by molar-refractivity contribution is 7.99. The molecule has 5 rings (SSSR count). The van der Waals surface area contributed by atoms with E-state index in [0.29, 0.717) is 10.8 Å². The van der Waals surface area contributed by atoms with Crippen molar-refractivity contribution in [2.24, 2.45) is 0 Å². The summed E-state index contributed by atoms with van der Waals surface area (Å²) in [6.45, 7) is 0. The number of thioether (sulfide) groups is 1. The maximum absolute atomic E-state index is 13.9. The van der Waals surface area contributed by atoms with Crippen molar-refractivity contribution in [1.29, 1.82) is 0 Å². The lowest BCUT2D eigenvalue weighted by Gasteiger charge is -2.09. The van der Waals surface area contributed by atoms with E-state index in [-0.39, 0.29) is 17.0 Å². The summed E-state index contributed by atoms with van der Waals surface area (Å²) >= 11 is 1.50. The number of hydrogen-bond donors (Lipinski definition) is 0. The maximum atomic E-state index is 13.9. The maximum Gasteiger partial charge on any atom is 0.277 e. The average Bonchev–Trinajstić information content (AvgIpc) is 3.27. The zero-order valence-corrected chi connectivity index (χ0v) is 14.4. The number of rotatable bonds is 3. The number of nitrogens with zero attached hydrogens (tertiary/aromatic N) is 2. The fraction of sp³-hybridized carbons (Fsp3) is 0.0476. The van der Waals surface area contributed by atoms with Gasteiger partial charge in [0, 0.05) is 0 Å².